The predicted molar refractivity (Wildman–Crippen MR) is 106 cm³/mol. The molecule has 0 atom stereocenters. The first-order valence-corrected chi connectivity index (χ1v) is 9.59. The van der Waals surface area contributed by atoms with Gasteiger partial charge in [0.15, 0.2) is 5.69 Å². The van der Waals surface area contributed by atoms with Crippen LogP contribution in [-0.2, 0) is 18.9 Å². The van der Waals surface area contributed by atoms with Crippen LogP contribution in [0.5, 0.6) is 5.88 Å². The molecule has 3 aromatic rings. The van der Waals surface area contributed by atoms with Gasteiger partial charge in [-0.2, -0.15) is 36.5 Å². The molecule has 34 heavy (non-hydrogen) atoms. The number of anilines is 1. The molecule has 182 valence electrons. The Bertz CT molecular complexity index is 1180. The van der Waals surface area contributed by atoms with E-state index in [1.807, 2.05) is 5.10 Å². The van der Waals surface area contributed by atoms with E-state index in [0.717, 1.165) is 12.3 Å². The fourth-order valence-electron chi connectivity index (χ4n) is 2.87. The third kappa shape index (κ3) is 5.90. The summed E-state index contributed by atoms with van der Waals surface area (Å²) in [4.78, 5) is 15.5. The van der Waals surface area contributed by atoms with Crippen LogP contribution in [0, 0.1) is 6.92 Å². The molecule has 0 radical (unpaired) electrons. The van der Waals surface area contributed by atoms with Crippen LogP contribution < -0.4 is 15.4 Å². The van der Waals surface area contributed by atoms with E-state index in [4.69, 9.17) is 4.74 Å². The SMILES string of the molecule is CCOc1cc(NC(=O)NCc2cc(C)c(-c3cn[nH]c3C(F)(F)F)nn2)cc(C(F)(F)F)n1. The fourth-order valence-corrected chi connectivity index (χ4v) is 2.87. The number of pyridine rings is 1. The van der Waals surface area contributed by atoms with Gasteiger partial charge >= 0.3 is 18.4 Å². The number of rotatable bonds is 6. The van der Waals surface area contributed by atoms with Gasteiger partial charge in [-0.05, 0) is 31.5 Å². The Labute approximate surface area is 187 Å². The Balaban J connectivity index is 1.70. The van der Waals surface area contributed by atoms with Crippen molar-refractivity contribution in [3.8, 4) is 17.1 Å². The number of ether oxygens (including phenoxy) is 1. The van der Waals surface area contributed by atoms with Gasteiger partial charge in [-0.15, -0.1) is 5.10 Å². The summed E-state index contributed by atoms with van der Waals surface area (Å²) in [7, 11) is 0. The number of amides is 2. The predicted octanol–water partition coefficient (Wildman–Crippen LogP) is 4.33. The Hall–Kier alpha value is -3.91. The van der Waals surface area contributed by atoms with Gasteiger partial charge in [-0.3, -0.25) is 5.10 Å². The first-order valence-electron chi connectivity index (χ1n) is 9.59. The van der Waals surface area contributed by atoms with Gasteiger partial charge in [0.2, 0.25) is 5.88 Å². The lowest BCUT2D eigenvalue weighted by Gasteiger charge is -2.13. The number of carbonyl (C=O) groups is 1. The van der Waals surface area contributed by atoms with Gasteiger partial charge in [-0.1, -0.05) is 0 Å². The molecule has 0 aliphatic carbocycles. The van der Waals surface area contributed by atoms with Crippen molar-refractivity contribution in [3.63, 3.8) is 0 Å². The summed E-state index contributed by atoms with van der Waals surface area (Å²) in [6.45, 7) is 2.93. The van der Waals surface area contributed by atoms with Crippen LogP contribution in [0.25, 0.3) is 11.3 Å². The molecule has 0 unspecified atom stereocenters. The maximum atomic E-state index is 13.1. The second kappa shape index (κ2) is 9.52. The lowest BCUT2D eigenvalue weighted by Crippen LogP contribution is -2.29. The highest BCUT2D eigenvalue weighted by atomic mass is 19.4. The van der Waals surface area contributed by atoms with E-state index in [1.54, 1.807) is 6.92 Å². The summed E-state index contributed by atoms with van der Waals surface area (Å²) < 4.78 is 83.3. The first kappa shape index (κ1) is 24.7. The Morgan fingerprint density at radius 1 is 1.09 bits per heavy atom. The van der Waals surface area contributed by atoms with Crippen molar-refractivity contribution in [2.24, 2.45) is 0 Å². The Kier molecular flexibility index (Phi) is 6.93. The molecule has 0 aliphatic heterocycles. The van der Waals surface area contributed by atoms with Crippen LogP contribution >= 0.6 is 0 Å². The number of urea groups is 1. The number of hydrogen-bond donors (Lipinski definition) is 3. The molecule has 2 amide bonds. The van der Waals surface area contributed by atoms with Crippen LogP contribution in [0.4, 0.5) is 36.8 Å². The van der Waals surface area contributed by atoms with E-state index in [-0.39, 0.29) is 41.7 Å². The molecule has 3 aromatic heterocycles. The van der Waals surface area contributed by atoms with Gasteiger partial charge in [0.05, 0.1) is 36.3 Å². The number of aromatic nitrogens is 5. The normalized spacial score (nSPS) is 11.9. The summed E-state index contributed by atoms with van der Waals surface area (Å²) in [6, 6.07) is 2.32. The number of nitrogens with zero attached hydrogens (tertiary/aromatic N) is 4. The highest BCUT2D eigenvalue weighted by Crippen LogP contribution is 2.35. The van der Waals surface area contributed by atoms with Crippen molar-refractivity contribution in [3.05, 3.63) is 47.0 Å². The Morgan fingerprint density at radius 3 is 2.44 bits per heavy atom. The van der Waals surface area contributed by atoms with E-state index in [1.165, 1.54) is 13.0 Å². The van der Waals surface area contributed by atoms with Crippen LogP contribution in [-0.4, -0.2) is 38.0 Å². The van der Waals surface area contributed by atoms with Crippen molar-refractivity contribution >= 4 is 11.7 Å². The van der Waals surface area contributed by atoms with E-state index >= 15 is 0 Å². The highest BCUT2D eigenvalue weighted by molar-refractivity contribution is 5.89. The molecule has 0 bridgehead atoms. The van der Waals surface area contributed by atoms with Gasteiger partial charge in [0, 0.05) is 11.8 Å². The van der Waals surface area contributed by atoms with Crippen LogP contribution in [0.15, 0.2) is 24.4 Å². The van der Waals surface area contributed by atoms with Crippen LogP contribution in [0.3, 0.4) is 0 Å². The van der Waals surface area contributed by atoms with Crippen molar-refractivity contribution < 1.29 is 35.9 Å². The Morgan fingerprint density at radius 2 is 1.82 bits per heavy atom. The molecule has 0 saturated heterocycles. The molecule has 0 saturated carbocycles. The minimum absolute atomic E-state index is 0.0470. The lowest BCUT2D eigenvalue weighted by atomic mass is 10.1. The first-order chi connectivity index (χ1) is 15.9. The minimum atomic E-state index is -4.75. The monoisotopic (exact) mass is 489 g/mol. The van der Waals surface area contributed by atoms with Crippen LogP contribution in [0.1, 0.15) is 29.6 Å². The van der Waals surface area contributed by atoms with E-state index in [2.05, 4.69) is 30.9 Å². The zero-order valence-corrected chi connectivity index (χ0v) is 17.6. The third-order valence-electron chi connectivity index (χ3n) is 4.29. The number of aromatic amines is 1. The van der Waals surface area contributed by atoms with Crippen molar-refractivity contribution in [2.75, 3.05) is 11.9 Å². The average molecular weight is 489 g/mol. The molecule has 15 heteroatoms. The number of alkyl halides is 6. The second-order valence-corrected chi connectivity index (χ2v) is 6.84. The zero-order chi connectivity index (χ0) is 25.1. The lowest BCUT2D eigenvalue weighted by molar-refractivity contribution is -0.141. The molecule has 3 heterocycles. The maximum Gasteiger partial charge on any atom is 0.433 e. The fraction of sp³-hybridized carbons (Fsp3) is 0.316. The van der Waals surface area contributed by atoms with E-state index < -0.39 is 29.8 Å². The summed E-state index contributed by atoms with van der Waals surface area (Å²) >= 11 is 0. The number of halogens is 6. The maximum absolute atomic E-state index is 13.1. The zero-order valence-electron chi connectivity index (χ0n) is 17.6. The molecule has 0 aromatic carbocycles. The molecular formula is C19H17F6N7O2. The van der Waals surface area contributed by atoms with Gasteiger partial charge in [0.25, 0.3) is 0 Å². The highest BCUT2D eigenvalue weighted by Gasteiger charge is 2.37. The molecular weight excluding hydrogens is 472 g/mol. The number of nitrogens with one attached hydrogen (secondary N) is 3. The van der Waals surface area contributed by atoms with Gasteiger partial charge < -0.3 is 15.4 Å². The summed E-state index contributed by atoms with van der Waals surface area (Å²) in [5.41, 5.74) is -2.31. The molecule has 0 aliphatic rings. The third-order valence-corrected chi connectivity index (χ3v) is 4.29. The number of hydrogen-bond acceptors (Lipinski definition) is 6. The molecule has 9 nitrogen and oxygen atoms in total. The molecule has 3 N–H and O–H groups in total. The van der Waals surface area contributed by atoms with Crippen molar-refractivity contribution in [2.45, 2.75) is 32.7 Å². The summed E-state index contributed by atoms with van der Waals surface area (Å²) in [6.07, 6.45) is -8.44. The number of H-pyrrole nitrogens is 1. The summed E-state index contributed by atoms with van der Waals surface area (Å²) in [5.74, 6) is -0.317. The molecule has 3 rings (SSSR count). The van der Waals surface area contributed by atoms with E-state index in [0.29, 0.717) is 11.6 Å². The second-order valence-electron chi connectivity index (χ2n) is 6.84. The van der Waals surface area contributed by atoms with E-state index in [9.17, 15) is 31.1 Å². The number of carbonyl (C=O) groups excluding carboxylic acids is 1. The standard InChI is InChI=1S/C19H17F6N7O2/c1-3-34-14-6-10(5-13(29-14)18(20,21)22)28-17(33)26-7-11-4-9(2)15(31-30-11)12-8-27-32-16(12)19(23,24)25/h4-6,8H,3,7H2,1-2H3,(H,27,32)(H2,26,28,29,33). The summed E-state index contributed by atoms with van der Waals surface area (Å²) in [5, 5.41) is 17.5. The largest absolute Gasteiger partial charge is 0.478 e. The van der Waals surface area contributed by atoms with Crippen molar-refractivity contribution in [1.29, 1.82) is 0 Å². The van der Waals surface area contributed by atoms with Crippen molar-refractivity contribution in [1.82, 2.24) is 30.7 Å². The average Bonchev–Trinajstić information content (AvgIpc) is 3.22. The van der Waals surface area contributed by atoms with Crippen LogP contribution in [0.2, 0.25) is 0 Å². The van der Waals surface area contributed by atoms with Gasteiger partial charge in [-0.25, -0.2) is 9.78 Å². The molecule has 0 spiro atoms. The quantitative estimate of drug-likeness (QED) is 0.444. The number of aryl methyl sites for hydroxylation is 1. The minimum Gasteiger partial charge on any atom is -0.478 e. The van der Waals surface area contributed by atoms with Gasteiger partial charge in [0.1, 0.15) is 5.69 Å². The smallest absolute Gasteiger partial charge is 0.433 e. The molecule has 0 fully saturated rings. The topological polar surface area (TPSA) is 118 Å².